The number of hydrogen-bond acceptors (Lipinski definition) is 6. The maximum atomic E-state index is 11.2. The summed E-state index contributed by atoms with van der Waals surface area (Å²) in [6.45, 7) is 3.48. The fraction of sp³-hybridized carbons (Fsp3) is 0.538. The van der Waals surface area contributed by atoms with Crippen molar-refractivity contribution in [2.24, 2.45) is 0 Å². The van der Waals surface area contributed by atoms with Gasteiger partial charge in [0.25, 0.3) is 5.69 Å². The molecular formula is C13H21N3O4S. The number of nitrogens with one attached hydrogen (secondary N) is 1. The van der Waals surface area contributed by atoms with Crippen LogP contribution in [-0.4, -0.2) is 50.4 Å². The third kappa shape index (κ3) is 6.09. The SMILES string of the molecule is CCNc1ccc([N+](=O)[O-])cc1CN(C)CCS(C)(=O)=O. The van der Waals surface area contributed by atoms with E-state index < -0.39 is 14.8 Å². The summed E-state index contributed by atoms with van der Waals surface area (Å²) in [7, 11) is -1.23. The number of nitro benzene ring substituents is 1. The molecule has 0 heterocycles. The molecule has 0 aliphatic heterocycles. The molecule has 1 aromatic rings. The Morgan fingerprint density at radius 2 is 2.05 bits per heavy atom. The smallest absolute Gasteiger partial charge is 0.269 e. The van der Waals surface area contributed by atoms with Gasteiger partial charge in [0.15, 0.2) is 0 Å². The van der Waals surface area contributed by atoms with Gasteiger partial charge in [-0.2, -0.15) is 0 Å². The first-order valence-corrected chi connectivity index (χ1v) is 8.66. The molecule has 1 aromatic carbocycles. The van der Waals surface area contributed by atoms with Gasteiger partial charge in [-0.1, -0.05) is 0 Å². The molecule has 1 N–H and O–H groups in total. The van der Waals surface area contributed by atoms with E-state index in [2.05, 4.69) is 5.32 Å². The van der Waals surface area contributed by atoms with Crippen LogP contribution in [0.5, 0.6) is 0 Å². The summed E-state index contributed by atoms with van der Waals surface area (Å²) in [5.74, 6) is 0.0645. The van der Waals surface area contributed by atoms with Gasteiger partial charge in [-0.25, -0.2) is 8.42 Å². The zero-order valence-electron chi connectivity index (χ0n) is 12.5. The average molecular weight is 315 g/mol. The molecule has 118 valence electrons. The summed E-state index contributed by atoms with van der Waals surface area (Å²) in [4.78, 5) is 12.3. The predicted octanol–water partition coefficient (Wildman–Crippen LogP) is 1.50. The summed E-state index contributed by atoms with van der Waals surface area (Å²) in [6.07, 6.45) is 1.19. The lowest BCUT2D eigenvalue weighted by Gasteiger charge is -2.18. The minimum atomic E-state index is -3.02. The monoisotopic (exact) mass is 315 g/mol. The summed E-state index contributed by atoms with van der Waals surface area (Å²) >= 11 is 0. The molecule has 0 fully saturated rings. The number of anilines is 1. The van der Waals surface area contributed by atoms with E-state index in [1.807, 2.05) is 11.8 Å². The van der Waals surface area contributed by atoms with Crippen molar-refractivity contribution in [2.45, 2.75) is 13.5 Å². The van der Waals surface area contributed by atoms with Gasteiger partial charge in [0.2, 0.25) is 0 Å². The molecule has 21 heavy (non-hydrogen) atoms. The molecule has 0 aromatic heterocycles. The number of hydrogen-bond donors (Lipinski definition) is 1. The van der Waals surface area contributed by atoms with Gasteiger partial charge in [-0.15, -0.1) is 0 Å². The third-order valence-corrected chi connectivity index (χ3v) is 3.88. The van der Waals surface area contributed by atoms with Crippen molar-refractivity contribution in [3.63, 3.8) is 0 Å². The second-order valence-electron chi connectivity index (χ2n) is 5.00. The molecule has 0 aliphatic carbocycles. The van der Waals surface area contributed by atoms with Crippen LogP contribution in [0.25, 0.3) is 0 Å². The Balaban J connectivity index is 2.87. The van der Waals surface area contributed by atoms with Crippen LogP contribution in [0, 0.1) is 10.1 Å². The first-order chi connectivity index (χ1) is 9.73. The lowest BCUT2D eigenvalue weighted by molar-refractivity contribution is -0.384. The van der Waals surface area contributed by atoms with Gasteiger partial charge >= 0.3 is 0 Å². The molecule has 0 radical (unpaired) electrons. The number of sulfone groups is 1. The van der Waals surface area contributed by atoms with E-state index in [1.165, 1.54) is 18.4 Å². The van der Waals surface area contributed by atoms with Crippen LogP contribution in [0.15, 0.2) is 18.2 Å². The van der Waals surface area contributed by atoms with E-state index in [0.717, 1.165) is 11.3 Å². The molecule has 0 saturated heterocycles. The number of nitro groups is 1. The second-order valence-corrected chi connectivity index (χ2v) is 7.26. The van der Waals surface area contributed by atoms with Crippen LogP contribution in [0.1, 0.15) is 12.5 Å². The molecule has 8 heteroatoms. The molecule has 0 unspecified atom stereocenters. The highest BCUT2D eigenvalue weighted by Crippen LogP contribution is 2.23. The van der Waals surface area contributed by atoms with Crippen LogP contribution in [0.4, 0.5) is 11.4 Å². The fourth-order valence-corrected chi connectivity index (χ4v) is 2.52. The number of nitrogens with zero attached hydrogens (tertiary/aromatic N) is 2. The highest BCUT2D eigenvalue weighted by atomic mass is 32.2. The van der Waals surface area contributed by atoms with E-state index in [-0.39, 0.29) is 11.4 Å². The zero-order chi connectivity index (χ0) is 16.0. The van der Waals surface area contributed by atoms with Gasteiger partial charge in [-0.3, -0.25) is 10.1 Å². The normalized spacial score (nSPS) is 11.6. The quantitative estimate of drug-likeness (QED) is 0.577. The van der Waals surface area contributed by atoms with Crippen LogP contribution in [0.2, 0.25) is 0 Å². The van der Waals surface area contributed by atoms with Crippen LogP contribution >= 0.6 is 0 Å². The number of rotatable bonds is 8. The van der Waals surface area contributed by atoms with E-state index in [1.54, 1.807) is 13.1 Å². The van der Waals surface area contributed by atoms with Crippen molar-refractivity contribution in [2.75, 3.05) is 37.5 Å². The first-order valence-electron chi connectivity index (χ1n) is 6.60. The Bertz CT molecular complexity index is 601. The highest BCUT2D eigenvalue weighted by molar-refractivity contribution is 7.90. The molecular weight excluding hydrogens is 294 g/mol. The minimum Gasteiger partial charge on any atom is -0.385 e. The lowest BCUT2D eigenvalue weighted by Crippen LogP contribution is -2.25. The molecule has 0 atom stereocenters. The number of non-ortho nitro benzene ring substituents is 1. The van der Waals surface area contributed by atoms with E-state index >= 15 is 0 Å². The van der Waals surface area contributed by atoms with Crippen LogP contribution in [0.3, 0.4) is 0 Å². The molecule has 1 rings (SSSR count). The summed E-state index contributed by atoms with van der Waals surface area (Å²) in [5.41, 5.74) is 1.64. The maximum Gasteiger partial charge on any atom is 0.269 e. The van der Waals surface area contributed by atoms with Gasteiger partial charge < -0.3 is 10.2 Å². The molecule has 0 amide bonds. The Kier molecular flexibility index (Phi) is 6.10. The lowest BCUT2D eigenvalue weighted by atomic mass is 10.1. The van der Waals surface area contributed by atoms with Gasteiger partial charge in [0, 0.05) is 43.7 Å². The average Bonchev–Trinajstić information content (AvgIpc) is 2.37. The Labute approximate surface area is 125 Å². The highest BCUT2D eigenvalue weighted by Gasteiger charge is 2.13. The van der Waals surface area contributed by atoms with Crippen LogP contribution < -0.4 is 5.32 Å². The zero-order valence-corrected chi connectivity index (χ0v) is 13.3. The molecule has 0 spiro atoms. The van der Waals surface area contributed by atoms with Crippen molar-refractivity contribution < 1.29 is 13.3 Å². The Morgan fingerprint density at radius 1 is 1.38 bits per heavy atom. The summed E-state index contributed by atoms with van der Waals surface area (Å²) in [5, 5.41) is 14.0. The fourth-order valence-electron chi connectivity index (χ4n) is 1.88. The maximum absolute atomic E-state index is 11.2. The summed E-state index contributed by atoms with van der Waals surface area (Å²) < 4.78 is 22.3. The molecule has 0 bridgehead atoms. The Morgan fingerprint density at radius 3 is 2.57 bits per heavy atom. The van der Waals surface area contributed by atoms with Crippen molar-refractivity contribution in [1.29, 1.82) is 0 Å². The van der Waals surface area contributed by atoms with E-state index in [0.29, 0.717) is 19.6 Å². The number of benzene rings is 1. The van der Waals surface area contributed by atoms with Crippen molar-refractivity contribution in [3.05, 3.63) is 33.9 Å². The molecule has 7 nitrogen and oxygen atoms in total. The predicted molar refractivity (Wildman–Crippen MR) is 83.3 cm³/mol. The summed E-state index contributed by atoms with van der Waals surface area (Å²) in [6, 6.07) is 4.66. The van der Waals surface area contributed by atoms with E-state index in [9.17, 15) is 18.5 Å². The minimum absolute atomic E-state index is 0.0307. The van der Waals surface area contributed by atoms with Crippen LogP contribution in [-0.2, 0) is 16.4 Å². The van der Waals surface area contributed by atoms with Gasteiger partial charge in [0.1, 0.15) is 9.84 Å². The molecule has 0 aliphatic rings. The van der Waals surface area contributed by atoms with E-state index in [4.69, 9.17) is 0 Å². The molecule has 0 saturated carbocycles. The second kappa shape index (κ2) is 7.37. The van der Waals surface area contributed by atoms with Crippen molar-refractivity contribution >= 4 is 21.2 Å². The third-order valence-electron chi connectivity index (χ3n) is 2.95. The van der Waals surface area contributed by atoms with Crippen molar-refractivity contribution in [1.82, 2.24) is 4.90 Å². The van der Waals surface area contributed by atoms with Crippen molar-refractivity contribution in [3.8, 4) is 0 Å². The Hall–Kier alpha value is -1.67. The topological polar surface area (TPSA) is 92.6 Å². The first kappa shape index (κ1) is 17.4. The standard InChI is InChI=1S/C13H21N3O4S/c1-4-14-13-6-5-12(16(17)18)9-11(13)10-15(2)7-8-21(3,19)20/h5-6,9,14H,4,7-8,10H2,1-3H3. The van der Waals surface area contributed by atoms with Gasteiger partial charge in [0.05, 0.1) is 10.7 Å². The van der Waals surface area contributed by atoms with Gasteiger partial charge in [-0.05, 0) is 25.6 Å². The largest absolute Gasteiger partial charge is 0.385 e.